The number of nitrogens with zero attached hydrogens (tertiary/aromatic N) is 4. The summed E-state index contributed by atoms with van der Waals surface area (Å²) in [5, 5.41) is 11.4. The van der Waals surface area contributed by atoms with E-state index in [1.165, 1.54) is 5.56 Å². The van der Waals surface area contributed by atoms with Crippen molar-refractivity contribution in [2.24, 2.45) is 0 Å². The van der Waals surface area contributed by atoms with Crippen molar-refractivity contribution in [3.63, 3.8) is 0 Å². The number of hydrogen-bond acceptors (Lipinski definition) is 7. The van der Waals surface area contributed by atoms with Gasteiger partial charge in [-0.05, 0) is 30.4 Å². The minimum Gasteiger partial charge on any atom is -0.354 e. The number of anilines is 3. The predicted octanol–water partition coefficient (Wildman–Crippen LogP) is 2.67. The van der Waals surface area contributed by atoms with Gasteiger partial charge in [0, 0.05) is 18.8 Å². The lowest BCUT2D eigenvalue weighted by Gasteiger charge is -2.24. The molecule has 1 N–H and O–H groups in total. The largest absolute Gasteiger partial charge is 0.354 e. The van der Waals surface area contributed by atoms with E-state index in [4.69, 9.17) is 0 Å². The first kappa shape index (κ1) is 18.6. The van der Waals surface area contributed by atoms with E-state index in [0.29, 0.717) is 24.1 Å². The Labute approximate surface area is 154 Å². The molecule has 0 amide bonds. The van der Waals surface area contributed by atoms with Crippen LogP contribution in [0.4, 0.5) is 17.5 Å². The van der Waals surface area contributed by atoms with Crippen molar-refractivity contribution in [3.8, 4) is 0 Å². The van der Waals surface area contributed by atoms with E-state index >= 15 is 0 Å². The third-order valence-corrected chi connectivity index (χ3v) is 6.58. The van der Waals surface area contributed by atoms with E-state index in [-0.39, 0.29) is 17.5 Å². The van der Waals surface area contributed by atoms with E-state index in [1.54, 1.807) is 6.20 Å². The van der Waals surface area contributed by atoms with Crippen LogP contribution in [0, 0.1) is 6.92 Å². The fourth-order valence-electron chi connectivity index (χ4n) is 3.24. The van der Waals surface area contributed by atoms with Crippen LogP contribution < -0.4 is 10.2 Å². The molecule has 0 radical (unpaired) electrons. The molecule has 0 spiro atoms. The van der Waals surface area contributed by atoms with Crippen LogP contribution in [-0.4, -0.2) is 48.2 Å². The Morgan fingerprint density at radius 3 is 2.73 bits per heavy atom. The van der Waals surface area contributed by atoms with E-state index in [1.807, 2.05) is 31.0 Å². The summed E-state index contributed by atoms with van der Waals surface area (Å²) in [6, 6.07) is 6.10. The van der Waals surface area contributed by atoms with Crippen molar-refractivity contribution in [1.29, 1.82) is 0 Å². The zero-order valence-corrected chi connectivity index (χ0v) is 16.4. The van der Waals surface area contributed by atoms with Crippen LogP contribution in [0.1, 0.15) is 37.3 Å². The van der Waals surface area contributed by atoms with Crippen LogP contribution in [0.5, 0.6) is 0 Å². The molecule has 3 rings (SSSR count). The van der Waals surface area contributed by atoms with Crippen LogP contribution >= 0.6 is 0 Å². The maximum atomic E-state index is 11.7. The Kier molecular flexibility index (Phi) is 5.13. The number of nitrogens with one attached hydrogen (secondary N) is 1. The minimum absolute atomic E-state index is 0.0748. The first-order chi connectivity index (χ1) is 12.3. The monoisotopic (exact) mass is 375 g/mol. The molecule has 2 aromatic rings. The molecule has 1 aromatic carbocycles. The van der Waals surface area contributed by atoms with Crippen molar-refractivity contribution in [2.75, 3.05) is 28.8 Å². The van der Waals surface area contributed by atoms with Crippen molar-refractivity contribution in [2.45, 2.75) is 39.2 Å². The number of sulfone groups is 1. The molecule has 140 valence electrons. The molecular weight excluding hydrogens is 350 g/mol. The molecule has 26 heavy (non-hydrogen) atoms. The Bertz CT molecular complexity index is 898. The molecule has 1 atom stereocenters. The summed E-state index contributed by atoms with van der Waals surface area (Å²) in [5.41, 5.74) is 3.29. The average molecular weight is 375 g/mol. The summed E-state index contributed by atoms with van der Waals surface area (Å²) in [6.07, 6.45) is 2.18. The lowest BCUT2D eigenvalue weighted by Crippen LogP contribution is -2.33. The SMILES string of the molecule is Cc1cccc(C(C)C)c1Nc1nncc(N(C)C2CCS(=O)(=O)C2)n1. The maximum absolute atomic E-state index is 11.7. The van der Waals surface area contributed by atoms with Crippen molar-refractivity contribution >= 4 is 27.3 Å². The molecule has 0 saturated carbocycles. The first-order valence-corrected chi connectivity index (χ1v) is 10.6. The molecule has 0 aliphatic carbocycles. The fraction of sp³-hybridized carbons (Fsp3) is 0.500. The van der Waals surface area contributed by atoms with Gasteiger partial charge < -0.3 is 10.2 Å². The van der Waals surface area contributed by atoms with Gasteiger partial charge in [-0.2, -0.15) is 10.1 Å². The smallest absolute Gasteiger partial charge is 0.249 e. The molecule has 7 nitrogen and oxygen atoms in total. The zero-order valence-electron chi connectivity index (χ0n) is 15.6. The Morgan fingerprint density at radius 2 is 2.08 bits per heavy atom. The lowest BCUT2D eigenvalue weighted by atomic mass is 9.98. The molecule has 1 aliphatic heterocycles. The van der Waals surface area contributed by atoms with E-state index in [0.717, 1.165) is 11.3 Å². The molecule has 1 fully saturated rings. The van der Waals surface area contributed by atoms with Gasteiger partial charge in [0.2, 0.25) is 5.95 Å². The van der Waals surface area contributed by atoms with Gasteiger partial charge in [-0.1, -0.05) is 32.0 Å². The topological polar surface area (TPSA) is 88.1 Å². The Hall–Kier alpha value is -2.22. The average Bonchev–Trinajstić information content (AvgIpc) is 2.96. The molecule has 1 aliphatic rings. The quantitative estimate of drug-likeness (QED) is 0.859. The molecular formula is C18H25N5O2S. The maximum Gasteiger partial charge on any atom is 0.249 e. The highest BCUT2D eigenvalue weighted by molar-refractivity contribution is 7.91. The number of para-hydroxylation sites is 1. The molecule has 1 aromatic heterocycles. The van der Waals surface area contributed by atoms with Crippen LogP contribution in [0.25, 0.3) is 0 Å². The fourth-order valence-corrected chi connectivity index (χ4v) is 5.01. The molecule has 1 saturated heterocycles. The molecule has 1 unspecified atom stereocenters. The second kappa shape index (κ2) is 7.19. The van der Waals surface area contributed by atoms with Gasteiger partial charge in [-0.15, -0.1) is 5.10 Å². The zero-order chi connectivity index (χ0) is 18.9. The summed E-state index contributed by atoms with van der Waals surface area (Å²) in [6.45, 7) is 6.33. The van der Waals surface area contributed by atoms with Crippen molar-refractivity contribution in [3.05, 3.63) is 35.5 Å². The van der Waals surface area contributed by atoms with Crippen molar-refractivity contribution < 1.29 is 8.42 Å². The van der Waals surface area contributed by atoms with Crippen molar-refractivity contribution in [1.82, 2.24) is 15.2 Å². The lowest BCUT2D eigenvalue weighted by molar-refractivity contribution is 0.600. The summed E-state index contributed by atoms with van der Waals surface area (Å²) in [5.74, 6) is 1.77. The number of rotatable bonds is 5. The second-order valence-corrected chi connectivity index (χ2v) is 9.35. The van der Waals surface area contributed by atoms with E-state index < -0.39 is 9.84 Å². The standard InChI is InChI=1S/C18H25N5O2S/c1-12(2)15-7-5-6-13(3)17(15)21-18-20-16(10-19-22-18)23(4)14-8-9-26(24,25)11-14/h5-7,10,12,14H,8-9,11H2,1-4H3,(H,20,21,22). The minimum atomic E-state index is -2.95. The summed E-state index contributed by atoms with van der Waals surface area (Å²) in [7, 11) is -1.10. The highest BCUT2D eigenvalue weighted by atomic mass is 32.2. The highest BCUT2D eigenvalue weighted by Gasteiger charge is 2.31. The Morgan fingerprint density at radius 1 is 1.31 bits per heavy atom. The van der Waals surface area contributed by atoms with Gasteiger partial charge in [0.05, 0.1) is 17.7 Å². The third kappa shape index (κ3) is 3.95. The predicted molar refractivity (Wildman–Crippen MR) is 104 cm³/mol. The first-order valence-electron chi connectivity index (χ1n) is 8.76. The number of hydrogen-bond donors (Lipinski definition) is 1. The van der Waals surface area contributed by atoms with Crippen LogP contribution in [0.2, 0.25) is 0 Å². The van der Waals surface area contributed by atoms with Gasteiger partial charge in [0.25, 0.3) is 0 Å². The highest BCUT2D eigenvalue weighted by Crippen LogP contribution is 2.29. The summed E-state index contributed by atoms with van der Waals surface area (Å²) >= 11 is 0. The van der Waals surface area contributed by atoms with E-state index in [2.05, 4.69) is 40.4 Å². The summed E-state index contributed by atoms with van der Waals surface area (Å²) in [4.78, 5) is 6.43. The van der Waals surface area contributed by atoms with Crippen LogP contribution in [0.15, 0.2) is 24.4 Å². The number of benzene rings is 1. The van der Waals surface area contributed by atoms with Gasteiger partial charge in [0.15, 0.2) is 15.7 Å². The number of aryl methyl sites for hydroxylation is 1. The number of aromatic nitrogens is 3. The molecule has 8 heteroatoms. The normalized spacial score (nSPS) is 18.9. The van der Waals surface area contributed by atoms with Gasteiger partial charge in [-0.3, -0.25) is 0 Å². The second-order valence-electron chi connectivity index (χ2n) is 7.12. The Balaban J connectivity index is 1.85. The molecule has 0 bridgehead atoms. The third-order valence-electron chi connectivity index (χ3n) is 4.83. The summed E-state index contributed by atoms with van der Waals surface area (Å²) < 4.78 is 23.5. The molecule has 2 heterocycles. The van der Waals surface area contributed by atoms with Gasteiger partial charge in [0.1, 0.15) is 0 Å². The van der Waals surface area contributed by atoms with E-state index in [9.17, 15) is 8.42 Å². The van der Waals surface area contributed by atoms with Gasteiger partial charge >= 0.3 is 0 Å². The van der Waals surface area contributed by atoms with Crippen LogP contribution in [0.3, 0.4) is 0 Å². The van der Waals surface area contributed by atoms with Gasteiger partial charge in [-0.25, -0.2) is 8.42 Å². The van der Waals surface area contributed by atoms with Crippen LogP contribution in [-0.2, 0) is 9.84 Å².